The second-order valence-electron chi connectivity index (χ2n) is 4.37. The summed E-state index contributed by atoms with van der Waals surface area (Å²) in [5.41, 5.74) is 11.3. The smallest absolute Gasteiger partial charge is 0.150 e. The number of benzene rings is 1. The number of hydrogen-bond donors (Lipinski definition) is 1. The van der Waals surface area contributed by atoms with Crippen molar-refractivity contribution in [3.63, 3.8) is 0 Å². The Balaban J connectivity index is 2.41. The predicted octanol–water partition coefficient (Wildman–Crippen LogP) is 2.77. The van der Waals surface area contributed by atoms with Gasteiger partial charge in [-0.05, 0) is 31.5 Å². The van der Waals surface area contributed by atoms with Crippen LogP contribution in [0.2, 0.25) is 0 Å². The molecule has 3 nitrogen and oxygen atoms in total. The van der Waals surface area contributed by atoms with Gasteiger partial charge in [-0.25, -0.2) is 4.98 Å². The van der Waals surface area contributed by atoms with E-state index in [9.17, 15) is 0 Å². The molecular weight excluding hydrogens is 198 g/mol. The Morgan fingerprint density at radius 1 is 1.25 bits per heavy atom. The lowest BCUT2D eigenvalue weighted by molar-refractivity contribution is 1.34. The fraction of sp³-hybridized carbons (Fsp3) is 0.231. The Hall–Kier alpha value is -1.90. The van der Waals surface area contributed by atoms with Crippen molar-refractivity contribution in [2.75, 3.05) is 5.73 Å². The minimum Gasteiger partial charge on any atom is -0.382 e. The molecule has 1 aromatic heterocycles. The Kier molecular flexibility index (Phi) is 1.78. The highest BCUT2D eigenvalue weighted by atomic mass is 14.9. The molecule has 3 heteroatoms. The standard InChI is InChI=1S/C13H13N3/c1-7-3-4-11-9(5-7)10-6-8(2)15-12(10)13(14)16-11/h3-5H,6H2,1-2H3,(H2,14,16). The molecule has 0 radical (unpaired) electrons. The normalized spacial score (nSPS) is 14.0. The summed E-state index contributed by atoms with van der Waals surface area (Å²) >= 11 is 0. The van der Waals surface area contributed by atoms with Gasteiger partial charge >= 0.3 is 0 Å². The number of fused-ring (bicyclic) bond motifs is 3. The van der Waals surface area contributed by atoms with Crippen molar-refractivity contribution in [3.8, 4) is 0 Å². The highest BCUT2D eigenvalue weighted by Gasteiger charge is 2.18. The highest BCUT2D eigenvalue weighted by Crippen LogP contribution is 2.36. The maximum atomic E-state index is 5.92. The fourth-order valence-corrected chi connectivity index (χ4v) is 2.24. The van der Waals surface area contributed by atoms with Gasteiger partial charge in [0.15, 0.2) is 0 Å². The number of nitrogen functional groups attached to an aromatic ring is 1. The molecule has 1 aliphatic heterocycles. The van der Waals surface area contributed by atoms with Crippen LogP contribution in [0.4, 0.5) is 11.5 Å². The molecule has 0 atom stereocenters. The third-order valence-electron chi connectivity index (χ3n) is 2.98. The summed E-state index contributed by atoms with van der Waals surface area (Å²) in [6.07, 6.45) is 0.891. The second-order valence-corrected chi connectivity index (χ2v) is 4.37. The largest absolute Gasteiger partial charge is 0.382 e. The molecule has 0 fully saturated rings. The molecule has 1 aliphatic rings. The van der Waals surface area contributed by atoms with Crippen molar-refractivity contribution >= 4 is 28.1 Å². The molecule has 0 amide bonds. The van der Waals surface area contributed by atoms with Gasteiger partial charge in [-0.1, -0.05) is 11.6 Å². The molecule has 0 saturated heterocycles. The Morgan fingerprint density at radius 2 is 2.06 bits per heavy atom. The number of hydrogen-bond acceptors (Lipinski definition) is 3. The van der Waals surface area contributed by atoms with Crippen molar-refractivity contribution in [1.82, 2.24) is 4.98 Å². The first-order valence-corrected chi connectivity index (χ1v) is 5.38. The Morgan fingerprint density at radius 3 is 2.88 bits per heavy atom. The van der Waals surface area contributed by atoms with Crippen LogP contribution < -0.4 is 5.73 Å². The average molecular weight is 211 g/mol. The van der Waals surface area contributed by atoms with E-state index in [0.29, 0.717) is 5.82 Å². The fourth-order valence-electron chi connectivity index (χ4n) is 2.24. The lowest BCUT2D eigenvalue weighted by atomic mass is 10.0. The van der Waals surface area contributed by atoms with Crippen LogP contribution in [0, 0.1) is 6.92 Å². The maximum absolute atomic E-state index is 5.92. The summed E-state index contributed by atoms with van der Waals surface area (Å²) in [6, 6.07) is 6.24. The van der Waals surface area contributed by atoms with E-state index < -0.39 is 0 Å². The van der Waals surface area contributed by atoms with Crippen LogP contribution in [0.1, 0.15) is 18.1 Å². The molecule has 0 aliphatic carbocycles. The monoisotopic (exact) mass is 211 g/mol. The van der Waals surface area contributed by atoms with Gasteiger partial charge in [-0.15, -0.1) is 0 Å². The van der Waals surface area contributed by atoms with Gasteiger partial charge < -0.3 is 5.73 Å². The first-order chi connectivity index (χ1) is 7.65. The summed E-state index contributed by atoms with van der Waals surface area (Å²) in [5.74, 6) is 0.545. The van der Waals surface area contributed by atoms with E-state index in [-0.39, 0.29) is 0 Å². The van der Waals surface area contributed by atoms with Crippen molar-refractivity contribution < 1.29 is 0 Å². The van der Waals surface area contributed by atoms with Crippen LogP contribution in [0.5, 0.6) is 0 Å². The van der Waals surface area contributed by atoms with Gasteiger partial charge in [0, 0.05) is 17.5 Å². The van der Waals surface area contributed by atoms with Gasteiger partial charge in [0.05, 0.1) is 5.52 Å². The van der Waals surface area contributed by atoms with E-state index in [1.54, 1.807) is 0 Å². The number of anilines is 1. The molecular formula is C13H13N3. The van der Waals surface area contributed by atoms with Crippen LogP contribution in [0.3, 0.4) is 0 Å². The van der Waals surface area contributed by atoms with Gasteiger partial charge in [0.1, 0.15) is 11.5 Å². The Labute approximate surface area is 94.0 Å². The quantitative estimate of drug-likeness (QED) is 0.728. The third kappa shape index (κ3) is 1.21. The van der Waals surface area contributed by atoms with E-state index in [4.69, 9.17) is 5.73 Å². The number of pyridine rings is 1. The van der Waals surface area contributed by atoms with Crippen LogP contribution in [-0.2, 0) is 6.42 Å². The molecule has 0 unspecified atom stereocenters. The van der Waals surface area contributed by atoms with E-state index in [0.717, 1.165) is 23.3 Å². The molecule has 2 aromatic rings. The summed E-state index contributed by atoms with van der Waals surface area (Å²) < 4.78 is 0. The van der Waals surface area contributed by atoms with E-state index in [1.165, 1.54) is 16.5 Å². The first kappa shape index (κ1) is 9.33. The predicted molar refractivity (Wildman–Crippen MR) is 67.4 cm³/mol. The highest BCUT2D eigenvalue weighted by molar-refractivity contribution is 6.02. The number of nitrogens with zero attached hydrogens (tertiary/aromatic N) is 2. The zero-order chi connectivity index (χ0) is 11.3. The minimum absolute atomic E-state index is 0.545. The van der Waals surface area contributed by atoms with Gasteiger partial charge in [0.25, 0.3) is 0 Å². The summed E-state index contributed by atoms with van der Waals surface area (Å²) in [4.78, 5) is 8.85. The molecule has 0 spiro atoms. The van der Waals surface area contributed by atoms with Gasteiger partial charge in [0.2, 0.25) is 0 Å². The molecule has 0 bridgehead atoms. The lowest BCUT2D eigenvalue weighted by Gasteiger charge is -2.07. The number of aryl methyl sites for hydroxylation is 1. The van der Waals surface area contributed by atoms with Crippen molar-refractivity contribution in [2.45, 2.75) is 20.3 Å². The molecule has 2 N–H and O–H groups in total. The topological polar surface area (TPSA) is 51.3 Å². The van der Waals surface area contributed by atoms with Gasteiger partial charge in [-0.2, -0.15) is 0 Å². The van der Waals surface area contributed by atoms with Crippen LogP contribution >= 0.6 is 0 Å². The SMILES string of the molecule is CC1=Nc2c(N)nc3ccc(C)cc3c2C1. The maximum Gasteiger partial charge on any atom is 0.150 e. The average Bonchev–Trinajstić information content (AvgIpc) is 2.62. The van der Waals surface area contributed by atoms with Crippen LogP contribution in [0.15, 0.2) is 23.2 Å². The second kappa shape index (κ2) is 3.04. The number of aliphatic imine (C=N–C) groups is 1. The zero-order valence-corrected chi connectivity index (χ0v) is 9.41. The summed E-state index contributed by atoms with van der Waals surface area (Å²) in [5, 5.41) is 1.19. The minimum atomic E-state index is 0.545. The Bertz CT molecular complexity index is 627. The zero-order valence-electron chi connectivity index (χ0n) is 9.41. The summed E-state index contributed by atoms with van der Waals surface area (Å²) in [6.45, 7) is 4.12. The number of rotatable bonds is 0. The van der Waals surface area contributed by atoms with E-state index in [1.807, 2.05) is 13.0 Å². The first-order valence-electron chi connectivity index (χ1n) is 5.38. The molecule has 3 rings (SSSR count). The molecule has 2 heterocycles. The van der Waals surface area contributed by atoms with Crippen LogP contribution in [-0.4, -0.2) is 10.7 Å². The van der Waals surface area contributed by atoms with Crippen molar-refractivity contribution in [3.05, 3.63) is 29.3 Å². The van der Waals surface area contributed by atoms with Crippen molar-refractivity contribution in [2.24, 2.45) is 4.99 Å². The van der Waals surface area contributed by atoms with Crippen LogP contribution in [0.25, 0.3) is 10.9 Å². The third-order valence-corrected chi connectivity index (χ3v) is 2.98. The number of aromatic nitrogens is 1. The number of nitrogens with two attached hydrogens (primary N) is 1. The van der Waals surface area contributed by atoms with E-state index >= 15 is 0 Å². The lowest BCUT2D eigenvalue weighted by Crippen LogP contribution is -1.95. The summed E-state index contributed by atoms with van der Waals surface area (Å²) in [7, 11) is 0. The molecule has 0 saturated carbocycles. The molecule has 80 valence electrons. The van der Waals surface area contributed by atoms with E-state index in [2.05, 4.69) is 29.0 Å². The van der Waals surface area contributed by atoms with Gasteiger partial charge in [-0.3, -0.25) is 4.99 Å². The van der Waals surface area contributed by atoms with Crippen molar-refractivity contribution in [1.29, 1.82) is 0 Å². The molecule has 16 heavy (non-hydrogen) atoms. The molecule has 1 aromatic carbocycles.